The minimum atomic E-state index is -0.167. The fourth-order valence-electron chi connectivity index (χ4n) is 4.79. The molecule has 2 aliphatic heterocycles. The lowest BCUT2D eigenvalue weighted by Crippen LogP contribution is -2.39. The molecule has 0 aliphatic carbocycles. The third kappa shape index (κ3) is 5.45. The van der Waals surface area contributed by atoms with Crippen LogP contribution in [0.4, 0.5) is 4.39 Å². The van der Waals surface area contributed by atoms with E-state index in [4.69, 9.17) is 4.42 Å². The summed E-state index contributed by atoms with van der Waals surface area (Å²) in [5.41, 5.74) is 7.62. The lowest BCUT2D eigenvalue weighted by Gasteiger charge is -2.34. The van der Waals surface area contributed by atoms with Crippen molar-refractivity contribution >= 4 is 0 Å². The van der Waals surface area contributed by atoms with Crippen LogP contribution >= 0.6 is 0 Å². The molecule has 2 fully saturated rings. The number of hydrazine groups is 1. The normalized spacial score (nSPS) is 23.9. The number of piperidine rings is 1. The number of furan rings is 1. The first kappa shape index (κ1) is 20.5. The number of halogens is 1. The molecule has 6 heteroatoms. The van der Waals surface area contributed by atoms with Gasteiger partial charge < -0.3 is 9.32 Å². The van der Waals surface area contributed by atoms with Crippen molar-refractivity contribution in [1.29, 1.82) is 0 Å². The van der Waals surface area contributed by atoms with Gasteiger partial charge in [0.25, 0.3) is 0 Å². The van der Waals surface area contributed by atoms with E-state index in [9.17, 15) is 4.39 Å². The molecule has 2 aliphatic rings. The highest BCUT2D eigenvalue weighted by atomic mass is 19.1. The van der Waals surface area contributed by atoms with Crippen molar-refractivity contribution in [2.24, 2.45) is 11.8 Å². The third-order valence-electron chi connectivity index (χ3n) is 6.30. The zero-order valence-corrected chi connectivity index (χ0v) is 17.5. The van der Waals surface area contributed by atoms with Crippen molar-refractivity contribution in [2.75, 3.05) is 39.8 Å². The Morgan fingerprint density at radius 1 is 1.17 bits per heavy atom. The van der Waals surface area contributed by atoms with E-state index in [0.717, 1.165) is 62.3 Å². The van der Waals surface area contributed by atoms with Gasteiger partial charge in [0.1, 0.15) is 17.3 Å². The van der Waals surface area contributed by atoms with Crippen LogP contribution < -0.4 is 10.9 Å². The second-order valence-electron chi connectivity index (χ2n) is 8.77. The number of likely N-dealkylation sites (tertiary alicyclic amines) is 1. The van der Waals surface area contributed by atoms with Crippen LogP contribution in [-0.4, -0.2) is 49.6 Å². The lowest BCUT2D eigenvalue weighted by molar-refractivity contribution is 0.135. The van der Waals surface area contributed by atoms with Crippen LogP contribution in [0.25, 0.3) is 0 Å². The SMILES string of the molecule is Cc1ccc(CN2CCC(CN(C)CC3CNNC3c3cccc(F)c3)CC2)o1. The summed E-state index contributed by atoms with van der Waals surface area (Å²) in [7, 11) is 2.22. The van der Waals surface area contributed by atoms with Gasteiger partial charge in [-0.1, -0.05) is 12.1 Å². The largest absolute Gasteiger partial charge is 0.465 e. The smallest absolute Gasteiger partial charge is 0.123 e. The first-order valence-electron chi connectivity index (χ1n) is 10.8. The summed E-state index contributed by atoms with van der Waals surface area (Å²) < 4.78 is 19.3. The minimum Gasteiger partial charge on any atom is -0.465 e. The maximum Gasteiger partial charge on any atom is 0.123 e. The second-order valence-corrected chi connectivity index (χ2v) is 8.77. The summed E-state index contributed by atoms with van der Waals surface area (Å²) in [4.78, 5) is 4.96. The quantitative estimate of drug-likeness (QED) is 0.746. The molecule has 5 nitrogen and oxygen atoms in total. The molecule has 0 radical (unpaired) electrons. The lowest BCUT2D eigenvalue weighted by atomic mass is 9.93. The van der Waals surface area contributed by atoms with E-state index >= 15 is 0 Å². The summed E-state index contributed by atoms with van der Waals surface area (Å²) in [6.45, 7) is 8.23. The molecule has 2 aromatic rings. The first-order valence-corrected chi connectivity index (χ1v) is 10.8. The Bertz CT molecular complexity index is 787. The molecule has 2 N–H and O–H groups in total. The standard InChI is InChI=1S/C23H33FN4O/c1-17-6-7-22(29-17)16-28-10-8-18(9-11-28)14-27(2)15-20-13-25-26-23(20)19-4-3-5-21(24)12-19/h3-7,12,18,20,23,25-26H,8-11,13-16H2,1-2H3. The monoisotopic (exact) mass is 400 g/mol. The molecule has 0 spiro atoms. The third-order valence-corrected chi connectivity index (χ3v) is 6.30. The van der Waals surface area contributed by atoms with Crippen LogP contribution in [0, 0.1) is 24.6 Å². The zero-order valence-electron chi connectivity index (χ0n) is 17.5. The Kier molecular flexibility index (Phi) is 6.65. The van der Waals surface area contributed by atoms with Gasteiger partial charge in [0.05, 0.1) is 12.6 Å². The van der Waals surface area contributed by atoms with Crippen molar-refractivity contribution in [1.82, 2.24) is 20.7 Å². The van der Waals surface area contributed by atoms with Crippen LogP contribution in [0.15, 0.2) is 40.8 Å². The molecule has 4 rings (SSSR count). The van der Waals surface area contributed by atoms with E-state index < -0.39 is 0 Å². The number of aryl methyl sites for hydroxylation is 1. The van der Waals surface area contributed by atoms with E-state index in [1.165, 1.54) is 18.9 Å². The Hall–Kier alpha value is -1.73. The van der Waals surface area contributed by atoms with Crippen molar-refractivity contribution in [3.63, 3.8) is 0 Å². The Balaban J connectivity index is 1.23. The fraction of sp³-hybridized carbons (Fsp3) is 0.565. The predicted molar refractivity (Wildman–Crippen MR) is 113 cm³/mol. The molecule has 158 valence electrons. The highest BCUT2D eigenvalue weighted by Gasteiger charge is 2.30. The highest BCUT2D eigenvalue weighted by Crippen LogP contribution is 2.27. The molecule has 2 unspecified atom stereocenters. The molecule has 0 saturated carbocycles. The van der Waals surface area contributed by atoms with Gasteiger partial charge in [-0.2, -0.15) is 0 Å². The van der Waals surface area contributed by atoms with Gasteiger partial charge in [0.2, 0.25) is 0 Å². The highest BCUT2D eigenvalue weighted by molar-refractivity contribution is 5.22. The van der Waals surface area contributed by atoms with Crippen LogP contribution in [0.1, 0.15) is 36.0 Å². The predicted octanol–water partition coefficient (Wildman–Crippen LogP) is 3.34. The number of nitrogens with zero attached hydrogens (tertiary/aromatic N) is 2. The zero-order chi connectivity index (χ0) is 20.2. The number of nitrogens with one attached hydrogen (secondary N) is 2. The van der Waals surface area contributed by atoms with Crippen molar-refractivity contribution in [3.05, 3.63) is 59.3 Å². The van der Waals surface area contributed by atoms with Gasteiger partial charge in [-0.15, -0.1) is 0 Å². The van der Waals surface area contributed by atoms with Crippen LogP contribution in [0.5, 0.6) is 0 Å². The topological polar surface area (TPSA) is 43.7 Å². The molecular formula is C23H33FN4O. The van der Waals surface area contributed by atoms with Crippen LogP contribution in [-0.2, 0) is 6.54 Å². The van der Waals surface area contributed by atoms with Gasteiger partial charge in [0.15, 0.2) is 0 Å². The summed E-state index contributed by atoms with van der Waals surface area (Å²) in [5.74, 6) is 3.07. The van der Waals surface area contributed by atoms with Crippen LogP contribution in [0.3, 0.4) is 0 Å². The van der Waals surface area contributed by atoms with Crippen LogP contribution in [0.2, 0.25) is 0 Å². The maximum absolute atomic E-state index is 13.6. The second kappa shape index (κ2) is 9.39. The van der Waals surface area contributed by atoms with E-state index in [0.29, 0.717) is 5.92 Å². The summed E-state index contributed by atoms with van der Waals surface area (Å²) >= 11 is 0. The Morgan fingerprint density at radius 2 is 2.00 bits per heavy atom. The van der Waals surface area contributed by atoms with E-state index in [1.807, 2.05) is 19.1 Å². The van der Waals surface area contributed by atoms with E-state index in [-0.39, 0.29) is 11.9 Å². The van der Waals surface area contributed by atoms with Crippen molar-refractivity contribution in [3.8, 4) is 0 Å². The summed E-state index contributed by atoms with van der Waals surface area (Å²) in [5, 5.41) is 0. The van der Waals surface area contributed by atoms with Gasteiger partial charge in [-0.3, -0.25) is 10.3 Å². The molecular weight excluding hydrogens is 367 g/mol. The number of benzene rings is 1. The van der Waals surface area contributed by atoms with Crippen molar-refractivity contribution < 1.29 is 8.81 Å². The molecule has 1 aromatic carbocycles. The van der Waals surface area contributed by atoms with E-state index in [2.05, 4.69) is 33.8 Å². The van der Waals surface area contributed by atoms with Gasteiger partial charge in [-0.25, -0.2) is 9.82 Å². The van der Waals surface area contributed by atoms with Crippen molar-refractivity contribution in [2.45, 2.75) is 32.4 Å². The average Bonchev–Trinajstić information content (AvgIpc) is 3.32. The Labute approximate surface area is 173 Å². The molecule has 1 aromatic heterocycles. The molecule has 2 atom stereocenters. The maximum atomic E-state index is 13.6. The Morgan fingerprint density at radius 3 is 2.72 bits per heavy atom. The van der Waals surface area contributed by atoms with Gasteiger partial charge in [0, 0.05) is 25.6 Å². The van der Waals surface area contributed by atoms with Gasteiger partial charge in [-0.05, 0) is 75.6 Å². The van der Waals surface area contributed by atoms with Gasteiger partial charge >= 0.3 is 0 Å². The minimum absolute atomic E-state index is 0.159. The number of rotatable bonds is 7. The number of hydrogen-bond donors (Lipinski definition) is 2. The first-order chi connectivity index (χ1) is 14.1. The molecule has 29 heavy (non-hydrogen) atoms. The summed E-state index contributed by atoms with van der Waals surface area (Å²) in [6.07, 6.45) is 2.47. The molecule has 2 saturated heterocycles. The number of hydrogen-bond acceptors (Lipinski definition) is 5. The molecule has 3 heterocycles. The molecule has 0 bridgehead atoms. The average molecular weight is 401 g/mol. The summed E-state index contributed by atoms with van der Waals surface area (Å²) in [6, 6.07) is 11.3. The van der Waals surface area contributed by atoms with E-state index in [1.54, 1.807) is 12.1 Å². The molecule has 0 amide bonds. The fourth-order valence-corrected chi connectivity index (χ4v) is 4.79.